The van der Waals surface area contributed by atoms with Crippen molar-refractivity contribution in [3.8, 4) is 11.1 Å². The molecule has 34 heavy (non-hydrogen) atoms. The fourth-order valence-corrected chi connectivity index (χ4v) is 3.73. The number of anilines is 1. The van der Waals surface area contributed by atoms with Gasteiger partial charge in [-0.15, -0.1) is 0 Å². The molecule has 170 valence electrons. The van der Waals surface area contributed by atoms with Gasteiger partial charge in [0.2, 0.25) is 0 Å². The molecule has 0 aliphatic rings. The zero-order valence-corrected chi connectivity index (χ0v) is 19.1. The van der Waals surface area contributed by atoms with E-state index in [0.717, 1.165) is 17.2 Å². The van der Waals surface area contributed by atoms with Gasteiger partial charge in [0.15, 0.2) is 17.5 Å². The van der Waals surface area contributed by atoms with E-state index in [9.17, 15) is 8.78 Å². The minimum atomic E-state index is -0.884. The SMILES string of the molecule is C=C/C(=C\C=C/C)c1nc(NC(C)c2ccccc2)c2cc(-c3cccc(F)c3F)ccc2n1. The Labute approximate surface area is 198 Å². The van der Waals surface area contributed by atoms with Gasteiger partial charge in [-0.05, 0) is 43.2 Å². The van der Waals surface area contributed by atoms with E-state index in [-0.39, 0.29) is 11.6 Å². The lowest BCUT2D eigenvalue weighted by Gasteiger charge is -2.18. The highest BCUT2D eigenvalue weighted by molar-refractivity contribution is 5.94. The Kier molecular flexibility index (Phi) is 6.93. The third-order valence-electron chi connectivity index (χ3n) is 5.56. The van der Waals surface area contributed by atoms with E-state index in [1.807, 2.05) is 62.4 Å². The minimum Gasteiger partial charge on any atom is -0.363 e. The molecule has 0 spiro atoms. The molecule has 0 bridgehead atoms. The number of rotatable bonds is 7. The average Bonchev–Trinajstić information content (AvgIpc) is 2.86. The molecule has 4 rings (SSSR count). The smallest absolute Gasteiger partial charge is 0.166 e. The Morgan fingerprint density at radius 3 is 2.53 bits per heavy atom. The first-order valence-corrected chi connectivity index (χ1v) is 11.0. The molecule has 1 unspecified atom stereocenters. The van der Waals surface area contributed by atoms with Gasteiger partial charge in [0.05, 0.1) is 5.52 Å². The Morgan fingerprint density at radius 1 is 1.00 bits per heavy atom. The van der Waals surface area contributed by atoms with Crippen molar-refractivity contribution in [2.24, 2.45) is 0 Å². The first-order chi connectivity index (χ1) is 16.5. The summed E-state index contributed by atoms with van der Waals surface area (Å²) in [6.07, 6.45) is 7.43. The first kappa shape index (κ1) is 23.1. The molecule has 0 saturated carbocycles. The molecule has 0 radical (unpaired) electrons. The molecular weight excluding hydrogens is 428 g/mol. The lowest BCUT2D eigenvalue weighted by atomic mass is 10.0. The first-order valence-electron chi connectivity index (χ1n) is 11.0. The van der Waals surface area contributed by atoms with E-state index in [4.69, 9.17) is 9.97 Å². The third kappa shape index (κ3) is 4.79. The number of nitrogens with one attached hydrogen (secondary N) is 1. The topological polar surface area (TPSA) is 37.8 Å². The maximum absolute atomic E-state index is 14.5. The highest BCUT2D eigenvalue weighted by Crippen LogP contribution is 2.32. The predicted octanol–water partition coefficient (Wildman–Crippen LogP) is 7.89. The van der Waals surface area contributed by atoms with Gasteiger partial charge in [0.25, 0.3) is 0 Å². The van der Waals surface area contributed by atoms with Crippen LogP contribution in [0.1, 0.15) is 31.3 Å². The second kappa shape index (κ2) is 10.2. The lowest BCUT2D eigenvalue weighted by Crippen LogP contribution is -2.10. The Bertz CT molecular complexity index is 1390. The van der Waals surface area contributed by atoms with Gasteiger partial charge in [-0.3, -0.25) is 0 Å². The molecule has 1 atom stereocenters. The molecule has 0 amide bonds. The van der Waals surface area contributed by atoms with Crippen LogP contribution in [0.25, 0.3) is 27.6 Å². The Hall–Kier alpha value is -4.12. The molecule has 4 aromatic rings. The van der Waals surface area contributed by atoms with Crippen molar-refractivity contribution < 1.29 is 8.78 Å². The molecule has 1 aromatic heterocycles. The third-order valence-corrected chi connectivity index (χ3v) is 5.56. The van der Waals surface area contributed by atoms with E-state index in [2.05, 4.69) is 11.9 Å². The van der Waals surface area contributed by atoms with E-state index in [1.165, 1.54) is 6.07 Å². The van der Waals surface area contributed by atoms with Gasteiger partial charge in [-0.2, -0.15) is 0 Å². The normalized spacial score (nSPS) is 12.8. The van der Waals surface area contributed by atoms with Crippen LogP contribution < -0.4 is 5.32 Å². The molecule has 5 heteroatoms. The van der Waals surface area contributed by atoms with Crippen molar-refractivity contribution in [3.05, 3.63) is 121 Å². The van der Waals surface area contributed by atoms with Gasteiger partial charge >= 0.3 is 0 Å². The van der Waals surface area contributed by atoms with Crippen LogP contribution in [0.5, 0.6) is 0 Å². The summed E-state index contributed by atoms with van der Waals surface area (Å²) in [5.41, 5.74) is 3.28. The standard InChI is InChI=1S/C29H25F2N3/c1-4-6-11-20(5-2)28-33-26-17-16-22(23-14-10-15-25(30)27(23)31)18-24(26)29(34-28)32-19(3)21-12-8-7-9-13-21/h4-19H,2H2,1,3H3,(H,32,33,34)/b6-4-,20-11+. The van der Waals surface area contributed by atoms with Crippen LogP contribution in [0.2, 0.25) is 0 Å². The maximum atomic E-state index is 14.5. The number of allylic oxidation sites excluding steroid dienone is 5. The number of nitrogens with zero attached hydrogens (tertiary/aromatic N) is 2. The zero-order valence-electron chi connectivity index (χ0n) is 19.1. The van der Waals surface area contributed by atoms with Crippen LogP contribution in [-0.4, -0.2) is 9.97 Å². The van der Waals surface area contributed by atoms with E-state index in [0.29, 0.717) is 28.1 Å². The maximum Gasteiger partial charge on any atom is 0.166 e. The van der Waals surface area contributed by atoms with Crippen molar-refractivity contribution in [2.75, 3.05) is 5.32 Å². The van der Waals surface area contributed by atoms with Crippen molar-refractivity contribution >= 4 is 22.3 Å². The quantitative estimate of drug-likeness (QED) is 0.289. The zero-order chi connectivity index (χ0) is 24.1. The van der Waals surface area contributed by atoms with Gasteiger partial charge < -0.3 is 5.32 Å². The van der Waals surface area contributed by atoms with E-state index >= 15 is 0 Å². The van der Waals surface area contributed by atoms with Crippen LogP contribution in [-0.2, 0) is 0 Å². The van der Waals surface area contributed by atoms with Gasteiger partial charge in [0.1, 0.15) is 5.82 Å². The van der Waals surface area contributed by atoms with Crippen LogP contribution in [0.4, 0.5) is 14.6 Å². The Morgan fingerprint density at radius 2 is 1.79 bits per heavy atom. The monoisotopic (exact) mass is 453 g/mol. The van der Waals surface area contributed by atoms with Crippen molar-refractivity contribution in [2.45, 2.75) is 19.9 Å². The number of aromatic nitrogens is 2. The molecular formula is C29H25F2N3. The molecule has 3 aromatic carbocycles. The van der Waals surface area contributed by atoms with Gasteiger partial charge in [-0.1, -0.05) is 79.4 Å². The Balaban J connectivity index is 1.89. The van der Waals surface area contributed by atoms with E-state index < -0.39 is 11.6 Å². The number of benzene rings is 3. The summed E-state index contributed by atoms with van der Waals surface area (Å²) >= 11 is 0. The molecule has 1 heterocycles. The highest BCUT2D eigenvalue weighted by Gasteiger charge is 2.16. The highest BCUT2D eigenvalue weighted by atomic mass is 19.2. The molecule has 0 saturated heterocycles. The number of hydrogen-bond acceptors (Lipinski definition) is 3. The van der Waals surface area contributed by atoms with Crippen molar-refractivity contribution in [1.29, 1.82) is 0 Å². The summed E-state index contributed by atoms with van der Waals surface area (Å²) in [4.78, 5) is 9.52. The summed E-state index contributed by atoms with van der Waals surface area (Å²) in [6, 6.07) is 19.5. The second-order valence-corrected chi connectivity index (χ2v) is 7.86. The van der Waals surface area contributed by atoms with Crippen LogP contribution in [0.15, 0.2) is 97.6 Å². The minimum absolute atomic E-state index is 0.0478. The summed E-state index contributed by atoms with van der Waals surface area (Å²) in [7, 11) is 0. The van der Waals surface area contributed by atoms with E-state index in [1.54, 1.807) is 30.3 Å². The summed E-state index contributed by atoms with van der Waals surface area (Å²) in [5, 5.41) is 4.19. The summed E-state index contributed by atoms with van der Waals surface area (Å²) in [6.45, 7) is 7.88. The second-order valence-electron chi connectivity index (χ2n) is 7.86. The number of halogens is 2. The molecule has 0 aliphatic heterocycles. The predicted molar refractivity (Wildman–Crippen MR) is 136 cm³/mol. The molecule has 3 nitrogen and oxygen atoms in total. The van der Waals surface area contributed by atoms with Gasteiger partial charge in [0, 0.05) is 22.6 Å². The summed E-state index contributed by atoms with van der Waals surface area (Å²) in [5.74, 6) is -0.643. The fourth-order valence-electron chi connectivity index (χ4n) is 3.73. The molecule has 0 fully saturated rings. The average molecular weight is 454 g/mol. The van der Waals surface area contributed by atoms with Crippen molar-refractivity contribution in [3.63, 3.8) is 0 Å². The van der Waals surface area contributed by atoms with Crippen LogP contribution in [0.3, 0.4) is 0 Å². The number of hydrogen-bond donors (Lipinski definition) is 1. The summed E-state index contributed by atoms with van der Waals surface area (Å²) < 4.78 is 28.4. The fraction of sp³-hybridized carbons (Fsp3) is 0.103. The number of fused-ring (bicyclic) bond motifs is 1. The van der Waals surface area contributed by atoms with Gasteiger partial charge in [-0.25, -0.2) is 18.7 Å². The molecule has 1 N–H and O–H groups in total. The lowest BCUT2D eigenvalue weighted by molar-refractivity contribution is 0.511. The largest absolute Gasteiger partial charge is 0.363 e. The molecule has 0 aliphatic carbocycles. The van der Waals surface area contributed by atoms with Crippen molar-refractivity contribution in [1.82, 2.24) is 9.97 Å². The van der Waals surface area contributed by atoms with Crippen LogP contribution in [0, 0.1) is 11.6 Å². The van der Waals surface area contributed by atoms with Crippen LogP contribution >= 0.6 is 0 Å².